The van der Waals surface area contributed by atoms with Gasteiger partial charge in [0.15, 0.2) is 0 Å². The lowest BCUT2D eigenvalue weighted by Gasteiger charge is -2.21. The van der Waals surface area contributed by atoms with Crippen LogP contribution in [-0.4, -0.2) is 30.3 Å². The molecule has 4 nitrogen and oxygen atoms in total. The third kappa shape index (κ3) is 3.25. The second kappa shape index (κ2) is 7.52. The van der Waals surface area contributed by atoms with Crippen molar-refractivity contribution in [2.24, 2.45) is 0 Å². The highest BCUT2D eigenvalue weighted by Gasteiger charge is 2.40. The van der Waals surface area contributed by atoms with Crippen LogP contribution in [0.4, 0.5) is 10.1 Å². The van der Waals surface area contributed by atoms with Gasteiger partial charge in [-0.25, -0.2) is 4.39 Å². The number of amides is 2. The van der Waals surface area contributed by atoms with Crippen LogP contribution < -0.4 is 4.90 Å². The highest BCUT2D eigenvalue weighted by molar-refractivity contribution is 6.36. The molecule has 0 saturated carbocycles. The second-order valence-corrected chi connectivity index (χ2v) is 6.24. The SMILES string of the molecule is CCCCN1C(=O)C(c2ccc(F)cc2)=C(N(C)c2ccccc2)C1=O. The van der Waals surface area contributed by atoms with Crippen LogP contribution in [0, 0.1) is 5.82 Å². The summed E-state index contributed by atoms with van der Waals surface area (Å²) in [5.41, 5.74) is 1.99. The summed E-state index contributed by atoms with van der Waals surface area (Å²) in [5, 5.41) is 0. The fourth-order valence-corrected chi connectivity index (χ4v) is 3.05. The van der Waals surface area contributed by atoms with Gasteiger partial charge < -0.3 is 4.90 Å². The number of para-hydroxylation sites is 1. The monoisotopic (exact) mass is 352 g/mol. The second-order valence-electron chi connectivity index (χ2n) is 6.24. The van der Waals surface area contributed by atoms with Gasteiger partial charge in [-0.1, -0.05) is 43.7 Å². The summed E-state index contributed by atoms with van der Waals surface area (Å²) in [5.74, 6) is -1.02. The number of halogens is 1. The van der Waals surface area contributed by atoms with E-state index in [1.165, 1.54) is 29.2 Å². The summed E-state index contributed by atoms with van der Waals surface area (Å²) in [6.45, 7) is 2.39. The van der Waals surface area contributed by atoms with Crippen molar-refractivity contribution in [1.29, 1.82) is 0 Å². The third-order valence-corrected chi connectivity index (χ3v) is 4.49. The van der Waals surface area contributed by atoms with Crippen molar-refractivity contribution in [2.45, 2.75) is 19.8 Å². The molecule has 0 atom stereocenters. The topological polar surface area (TPSA) is 40.6 Å². The Bertz CT molecular complexity index is 844. The Morgan fingerprint density at radius 2 is 1.62 bits per heavy atom. The van der Waals surface area contributed by atoms with Crippen molar-refractivity contribution in [1.82, 2.24) is 4.90 Å². The van der Waals surface area contributed by atoms with Crippen LogP contribution in [0.1, 0.15) is 25.3 Å². The van der Waals surface area contributed by atoms with E-state index in [9.17, 15) is 14.0 Å². The summed E-state index contributed by atoms with van der Waals surface area (Å²) < 4.78 is 13.3. The number of benzene rings is 2. The van der Waals surface area contributed by atoms with E-state index in [-0.39, 0.29) is 17.6 Å². The highest BCUT2D eigenvalue weighted by Crippen LogP contribution is 2.33. The van der Waals surface area contributed by atoms with E-state index < -0.39 is 0 Å². The van der Waals surface area contributed by atoms with E-state index in [4.69, 9.17) is 0 Å². The molecule has 2 aromatic rings. The minimum atomic E-state index is -0.382. The average Bonchev–Trinajstić information content (AvgIpc) is 2.91. The van der Waals surface area contributed by atoms with E-state index in [1.807, 2.05) is 37.3 Å². The number of hydrogen-bond acceptors (Lipinski definition) is 3. The quantitative estimate of drug-likeness (QED) is 0.742. The molecule has 0 spiro atoms. The van der Waals surface area contributed by atoms with Gasteiger partial charge in [-0.2, -0.15) is 0 Å². The number of carbonyl (C=O) groups is 2. The fraction of sp³-hybridized carbons (Fsp3) is 0.238. The summed E-state index contributed by atoms with van der Waals surface area (Å²) in [4.78, 5) is 29.0. The largest absolute Gasteiger partial charge is 0.339 e. The number of rotatable bonds is 6. The van der Waals surface area contributed by atoms with Crippen molar-refractivity contribution in [3.05, 3.63) is 71.7 Å². The molecule has 1 aliphatic rings. The van der Waals surface area contributed by atoms with E-state index >= 15 is 0 Å². The molecule has 0 bridgehead atoms. The van der Waals surface area contributed by atoms with Gasteiger partial charge in [-0.3, -0.25) is 14.5 Å². The molecular weight excluding hydrogens is 331 g/mol. The van der Waals surface area contributed by atoms with Crippen LogP contribution >= 0.6 is 0 Å². The van der Waals surface area contributed by atoms with Gasteiger partial charge in [-0.15, -0.1) is 0 Å². The Hall–Kier alpha value is -2.95. The zero-order valence-electron chi connectivity index (χ0n) is 14.9. The van der Waals surface area contributed by atoms with Crippen LogP contribution in [0.15, 0.2) is 60.3 Å². The highest BCUT2D eigenvalue weighted by atomic mass is 19.1. The lowest BCUT2D eigenvalue weighted by Crippen LogP contribution is -2.35. The first-order chi connectivity index (χ1) is 12.5. The van der Waals surface area contributed by atoms with E-state index in [2.05, 4.69) is 0 Å². The number of likely N-dealkylation sites (N-methyl/N-ethyl adjacent to an activating group) is 1. The summed E-state index contributed by atoms with van der Waals surface area (Å²) in [6, 6.07) is 15.1. The zero-order chi connectivity index (χ0) is 18.7. The van der Waals surface area contributed by atoms with Crippen molar-refractivity contribution in [2.75, 3.05) is 18.5 Å². The number of hydrogen-bond donors (Lipinski definition) is 0. The molecule has 3 rings (SSSR count). The molecule has 0 saturated heterocycles. The van der Waals surface area contributed by atoms with Gasteiger partial charge in [0.1, 0.15) is 11.5 Å². The molecule has 0 radical (unpaired) electrons. The minimum Gasteiger partial charge on any atom is -0.339 e. The standard InChI is InChI=1S/C21H21FN2O2/c1-3-4-14-24-20(25)18(15-10-12-16(22)13-11-15)19(21(24)26)23(2)17-8-6-5-7-9-17/h5-13H,3-4,14H2,1-2H3. The van der Waals surface area contributed by atoms with Gasteiger partial charge in [0, 0.05) is 19.3 Å². The van der Waals surface area contributed by atoms with Crippen molar-refractivity contribution in [3.63, 3.8) is 0 Å². The van der Waals surface area contributed by atoms with Crippen LogP contribution in [0.25, 0.3) is 5.57 Å². The van der Waals surface area contributed by atoms with Crippen molar-refractivity contribution >= 4 is 23.1 Å². The van der Waals surface area contributed by atoms with Gasteiger partial charge >= 0.3 is 0 Å². The van der Waals surface area contributed by atoms with Crippen LogP contribution in [0.2, 0.25) is 0 Å². The van der Waals surface area contributed by atoms with Gasteiger partial charge in [0.05, 0.1) is 5.57 Å². The number of nitrogens with zero attached hydrogens (tertiary/aromatic N) is 2. The fourth-order valence-electron chi connectivity index (χ4n) is 3.05. The zero-order valence-corrected chi connectivity index (χ0v) is 14.9. The number of imide groups is 1. The lowest BCUT2D eigenvalue weighted by atomic mass is 10.0. The van der Waals surface area contributed by atoms with Crippen LogP contribution in [-0.2, 0) is 9.59 Å². The summed E-state index contributed by atoms with van der Waals surface area (Å²) in [6.07, 6.45) is 1.63. The molecular formula is C21H21FN2O2. The van der Waals surface area contributed by atoms with Crippen molar-refractivity contribution in [3.8, 4) is 0 Å². The van der Waals surface area contributed by atoms with E-state index in [0.29, 0.717) is 23.4 Å². The predicted octanol–water partition coefficient (Wildman–Crippen LogP) is 3.84. The number of carbonyl (C=O) groups excluding carboxylic acids is 2. The molecule has 0 aromatic heterocycles. The minimum absolute atomic E-state index is 0.311. The van der Waals surface area contributed by atoms with Crippen LogP contribution in [0.5, 0.6) is 0 Å². The van der Waals surface area contributed by atoms with Gasteiger partial charge in [0.25, 0.3) is 11.8 Å². The van der Waals surface area contributed by atoms with E-state index in [1.54, 1.807) is 11.9 Å². The van der Waals surface area contributed by atoms with Crippen molar-refractivity contribution < 1.29 is 14.0 Å². The normalized spacial score (nSPS) is 14.3. The molecule has 2 aromatic carbocycles. The molecule has 26 heavy (non-hydrogen) atoms. The summed E-state index contributed by atoms with van der Waals surface area (Å²) >= 11 is 0. The Morgan fingerprint density at radius 1 is 0.962 bits per heavy atom. The molecule has 1 aliphatic heterocycles. The molecule has 0 N–H and O–H groups in total. The maximum Gasteiger partial charge on any atom is 0.278 e. The number of unbranched alkanes of at least 4 members (excludes halogenated alkanes) is 1. The molecule has 0 fully saturated rings. The Balaban J connectivity index is 2.10. The Labute approximate surface area is 152 Å². The molecule has 2 amide bonds. The average molecular weight is 352 g/mol. The third-order valence-electron chi connectivity index (χ3n) is 4.49. The molecule has 0 unspecified atom stereocenters. The molecule has 5 heteroatoms. The number of anilines is 1. The first-order valence-electron chi connectivity index (χ1n) is 8.69. The smallest absolute Gasteiger partial charge is 0.278 e. The first kappa shape index (κ1) is 17.9. The Morgan fingerprint density at radius 3 is 2.23 bits per heavy atom. The Kier molecular flexibility index (Phi) is 5.16. The molecule has 0 aliphatic carbocycles. The predicted molar refractivity (Wildman–Crippen MR) is 99.8 cm³/mol. The van der Waals surface area contributed by atoms with Crippen LogP contribution in [0.3, 0.4) is 0 Å². The molecule has 1 heterocycles. The lowest BCUT2D eigenvalue weighted by molar-refractivity contribution is -0.136. The maximum absolute atomic E-state index is 13.3. The maximum atomic E-state index is 13.3. The van der Waals surface area contributed by atoms with Gasteiger partial charge in [-0.05, 0) is 36.2 Å². The molecule has 134 valence electrons. The first-order valence-corrected chi connectivity index (χ1v) is 8.69. The van der Waals surface area contributed by atoms with Gasteiger partial charge in [0.2, 0.25) is 0 Å². The summed E-state index contributed by atoms with van der Waals surface area (Å²) in [7, 11) is 1.77. The van der Waals surface area contributed by atoms with E-state index in [0.717, 1.165) is 18.5 Å².